The van der Waals surface area contributed by atoms with E-state index in [0.29, 0.717) is 12.1 Å². The fourth-order valence-electron chi connectivity index (χ4n) is 3.09. The molecule has 0 unspecified atom stereocenters. The highest BCUT2D eigenvalue weighted by Crippen LogP contribution is 2.31. The maximum absolute atomic E-state index is 13.2. The average molecular weight is 462 g/mol. The van der Waals surface area contributed by atoms with Crippen molar-refractivity contribution in [3.05, 3.63) is 78.0 Å². The first-order chi connectivity index (χ1) is 15.2. The maximum atomic E-state index is 13.2. The van der Waals surface area contributed by atoms with Gasteiger partial charge in [-0.3, -0.25) is 4.79 Å². The first kappa shape index (κ1) is 23.3. The zero-order valence-corrected chi connectivity index (χ0v) is 18.8. The number of benzene rings is 2. The van der Waals surface area contributed by atoms with Crippen LogP contribution in [0.1, 0.15) is 30.0 Å². The summed E-state index contributed by atoms with van der Waals surface area (Å²) < 4.78 is 54.2. The van der Waals surface area contributed by atoms with Crippen molar-refractivity contribution in [3.8, 4) is 11.5 Å². The van der Waals surface area contributed by atoms with Gasteiger partial charge in [0.15, 0.2) is 17.3 Å². The van der Waals surface area contributed by atoms with Crippen molar-refractivity contribution in [2.75, 3.05) is 13.7 Å². The normalized spacial score (nSPS) is 11.4. The van der Waals surface area contributed by atoms with Gasteiger partial charge in [-0.2, -0.15) is 8.42 Å². The van der Waals surface area contributed by atoms with E-state index in [-0.39, 0.29) is 40.5 Å². The van der Waals surface area contributed by atoms with Gasteiger partial charge in [-0.15, -0.1) is 0 Å². The quantitative estimate of drug-likeness (QED) is 0.437. The van der Waals surface area contributed by atoms with Crippen molar-refractivity contribution in [1.29, 1.82) is 0 Å². The number of furan rings is 1. The second kappa shape index (κ2) is 9.86. The van der Waals surface area contributed by atoms with E-state index in [4.69, 9.17) is 13.3 Å². The molecule has 1 heterocycles. The molecule has 0 N–H and O–H groups in total. The van der Waals surface area contributed by atoms with E-state index in [1.807, 2.05) is 13.8 Å². The van der Waals surface area contributed by atoms with E-state index < -0.39 is 15.9 Å². The molecule has 3 rings (SSSR count). The fourth-order valence-corrected chi connectivity index (χ4v) is 4.02. The molecule has 32 heavy (non-hydrogen) atoms. The van der Waals surface area contributed by atoms with E-state index in [0.717, 1.165) is 24.3 Å². The number of methoxy groups -OCH3 is 1. The summed E-state index contributed by atoms with van der Waals surface area (Å²) in [6.07, 6.45) is 1.43. The molecule has 0 bridgehead atoms. The Morgan fingerprint density at radius 1 is 1.09 bits per heavy atom. The minimum atomic E-state index is -4.22. The summed E-state index contributed by atoms with van der Waals surface area (Å²) in [6.45, 7) is 4.64. The Kier molecular flexibility index (Phi) is 7.19. The topological polar surface area (TPSA) is 86.0 Å². The molecule has 7 nitrogen and oxygen atoms in total. The summed E-state index contributed by atoms with van der Waals surface area (Å²) in [5, 5.41) is 0. The summed E-state index contributed by atoms with van der Waals surface area (Å²) in [4.78, 5) is 14.3. The summed E-state index contributed by atoms with van der Waals surface area (Å²) in [5.74, 6) is -0.261. The van der Waals surface area contributed by atoms with Crippen LogP contribution in [0.25, 0.3) is 0 Å². The van der Waals surface area contributed by atoms with Crippen molar-refractivity contribution < 1.29 is 30.9 Å². The number of ether oxygens (including phenoxy) is 1. The van der Waals surface area contributed by atoms with Crippen LogP contribution in [-0.2, 0) is 16.7 Å². The molecule has 0 aliphatic rings. The van der Waals surface area contributed by atoms with Crippen LogP contribution in [-0.4, -0.2) is 32.9 Å². The number of carbonyl (C=O) groups excluding carboxylic acids is 1. The molecular formula is C23H24FNO6S. The molecule has 0 aliphatic carbocycles. The van der Waals surface area contributed by atoms with E-state index >= 15 is 0 Å². The highest BCUT2D eigenvalue weighted by molar-refractivity contribution is 7.87. The molecule has 0 radical (unpaired) electrons. The molecule has 0 saturated heterocycles. The van der Waals surface area contributed by atoms with Crippen LogP contribution in [0, 0.1) is 11.7 Å². The SMILES string of the molecule is COc1ccc(CN(CC(C)C)C(=O)c2ccco2)cc1OS(=O)(=O)c1ccc(F)cc1. The van der Waals surface area contributed by atoms with Gasteiger partial charge in [-0.1, -0.05) is 19.9 Å². The van der Waals surface area contributed by atoms with Gasteiger partial charge in [-0.25, -0.2) is 4.39 Å². The maximum Gasteiger partial charge on any atom is 0.339 e. The van der Waals surface area contributed by atoms with Crippen LogP contribution < -0.4 is 8.92 Å². The average Bonchev–Trinajstić information content (AvgIpc) is 3.27. The van der Waals surface area contributed by atoms with Crippen LogP contribution >= 0.6 is 0 Å². The minimum absolute atomic E-state index is 0.0377. The van der Waals surface area contributed by atoms with Gasteiger partial charge in [0.1, 0.15) is 10.7 Å². The molecular weight excluding hydrogens is 437 g/mol. The van der Waals surface area contributed by atoms with Crippen molar-refractivity contribution >= 4 is 16.0 Å². The number of nitrogens with zero attached hydrogens (tertiary/aromatic N) is 1. The van der Waals surface area contributed by atoms with Crippen molar-refractivity contribution in [3.63, 3.8) is 0 Å². The van der Waals surface area contributed by atoms with E-state index in [1.165, 1.54) is 19.4 Å². The lowest BCUT2D eigenvalue weighted by Gasteiger charge is -2.24. The molecule has 0 aliphatic heterocycles. The Labute approximate surface area is 186 Å². The van der Waals surface area contributed by atoms with Crippen LogP contribution in [0.2, 0.25) is 0 Å². The number of halogens is 1. The van der Waals surface area contributed by atoms with Crippen LogP contribution in [0.5, 0.6) is 11.5 Å². The first-order valence-electron chi connectivity index (χ1n) is 9.89. The zero-order chi connectivity index (χ0) is 23.3. The van der Waals surface area contributed by atoms with Gasteiger partial charge < -0.3 is 18.2 Å². The second-order valence-electron chi connectivity index (χ2n) is 7.53. The Bertz CT molecular complexity index is 1160. The molecule has 3 aromatic rings. The van der Waals surface area contributed by atoms with Gasteiger partial charge in [0, 0.05) is 13.1 Å². The third-order valence-corrected chi connectivity index (χ3v) is 5.76. The third kappa shape index (κ3) is 5.67. The molecule has 170 valence electrons. The lowest BCUT2D eigenvalue weighted by molar-refractivity contribution is 0.0690. The van der Waals surface area contributed by atoms with Gasteiger partial charge in [0.25, 0.3) is 5.91 Å². The van der Waals surface area contributed by atoms with E-state index in [2.05, 4.69) is 0 Å². The van der Waals surface area contributed by atoms with Gasteiger partial charge in [0.2, 0.25) is 0 Å². The fraction of sp³-hybridized carbons (Fsp3) is 0.261. The predicted octanol–water partition coefficient (Wildman–Crippen LogP) is 4.49. The zero-order valence-electron chi connectivity index (χ0n) is 17.9. The Balaban J connectivity index is 1.88. The molecule has 2 aromatic carbocycles. The van der Waals surface area contributed by atoms with Crippen molar-refractivity contribution in [2.24, 2.45) is 5.92 Å². The second-order valence-corrected chi connectivity index (χ2v) is 9.08. The molecule has 1 aromatic heterocycles. The summed E-state index contributed by atoms with van der Waals surface area (Å²) in [7, 11) is -2.83. The molecule has 9 heteroatoms. The van der Waals surface area contributed by atoms with Crippen LogP contribution in [0.3, 0.4) is 0 Å². The summed E-state index contributed by atoms with van der Waals surface area (Å²) in [6, 6.07) is 12.3. The lowest BCUT2D eigenvalue weighted by atomic mass is 10.1. The number of hydrogen-bond donors (Lipinski definition) is 0. The molecule has 1 amide bonds. The third-order valence-electron chi connectivity index (χ3n) is 4.51. The van der Waals surface area contributed by atoms with E-state index in [1.54, 1.807) is 29.2 Å². The molecule has 0 fully saturated rings. The van der Waals surface area contributed by atoms with Gasteiger partial charge in [-0.05, 0) is 60.0 Å². The molecule has 0 spiro atoms. The highest BCUT2D eigenvalue weighted by atomic mass is 32.2. The summed E-state index contributed by atoms with van der Waals surface area (Å²) in [5.41, 5.74) is 0.635. The Morgan fingerprint density at radius 3 is 2.41 bits per heavy atom. The number of hydrogen-bond acceptors (Lipinski definition) is 6. The standard InChI is InChI=1S/C23H24FNO6S/c1-16(2)14-25(23(26)21-5-4-12-30-21)15-17-6-11-20(29-3)22(13-17)31-32(27,28)19-9-7-18(24)8-10-19/h4-13,16H,14-15H2,1-3H3. The van der Waals surface area contributed by atoms with Crippen LogP contribution in [0.15, 0.2) is 70.2 Å². The number of rotatable bonds is 9. The first-order valence-corrected chi connectivity index (χ1v) is 11.3. The molecule has 0 saturated carbocycles. The summed E-state index contributed by atoms with van der Waals surface area (Å²) >= 11 is 0. The van der Waals surface area contributed by atoms with Crippen molar-refractivity contribution in [2.45, 2.75) is 25.3 Å². The van der Waals surface area contributed by atoms with Crippen molar-refractivity contribution in [1.82, 2.24) is 4.90 Å². The largest absolute Gasteiger partial charge is 0.493 e. The number of amides is 1. The predicted molar refractivity (Wildman–Crippen MR) is 115 cm³/mol. The van der Waals surface area contributed by atoms with Crippen LogP contribution in [0.4, 0.5) is 4.39 Å². The lowest BCUT2D eigenvalue weighted by Crippen LogP contribution is -2.33. The monoisotopic (exact) mass is 461 g/mol. The Hall–Kier alpha value is -3.33. The van der Waals surface area contributed by atoms with Gasteiger partial charge >= 0.3 is 10.1 Å². The van der Waals surface area contributed by atoms with E-state index in [9.17, 15) is 17.6 Å². The minimum Gasteiger partial charge on any atom is -0.493 e. The smallest absolute Gasteiger partial charge is 0.339 e. The number of carbonyl (C=O) groups is 1. The molecule has 0 atom stereocenters. The van der Waals surface area contributed by atoms with Gasteiger partial charge in [0.05, 0.1) is 13.4 Å². The Morgan fingerprint density at radius 2 is 1.81 bits per heavy atom. The highest BCUT2D eigenvalue weighted by Gasteiger charge is 2.22.